The van der Waals surface area contributed by atoms with E-state index < -0.39 is 16.9 Å². The molecule has 0 fully saturated rings. The average Bonchev–Trinajstić information content (AvgIpc) is 2.68. The second-order valence-corrected chi connectivity index (χ2v) is 8.22. The Balaban J connectivity index is 1.76. The minimum absolute atomic E-state index is 0.0650. The van der Waals surface area contributed by atoms with E-state index in [1.54, 1.807) is 36.7 Å². The number of benzene rings is 2. The van der Waals surface area contributed by atoms with Gasteiger partial charge in [-0.3, -0.25) is 4.79 Å². The molecular formula is C19H19N5O2S2. The van der Waals surface area contributed by atoms with Gasteiger partial charge in [-0.2, -0.15) is 4.13 Å². The number of amides is 1. The highest BCUT2D eigenvalue weighted by atomic mass is 32.2. The Morgan fingerprint density at radius 3 is 2.43 bits per heavy atom. The van der Waals surface area contributed by atoms with E-state index in [0.29, 0.717) is 11.4 Å². The molecule has 4 N–H and O–H groups in total. The molecule has 0 spiro atoms. The Kier molecular flexibility index (Phi) is 6.40. The summed E-state index contributed by atoms with van der Waals surface area (Å²) >= 11 is 1.25. The molecule has 1 unspecified atom stereocenters. The monoisotopic (exact) mass is 413 g/mol. The van der Waals surface area contributed by atoms with Crippen LogP contribution in [0.25, 0.3) is 11.3 Å². The lowest BCUT2D eigenvalue weighted by Gasteiger charge is -2.09. The maximum Gasteiger partial charge on any atom is 0.278 e. The van der Waals surface area contributed by atoms with Gasteiger partial charge in [0, 0.05) is 22.4 Å². The molecule has 3 rings (SSSR count). The summed E-state index contributed by atoms with van der Waals surface area (Å²) in [5, 5.41) is 2.77. The first-order chi connectivity index (χ1) is 13.4. The van der Waals surface area contributed by atoms with Gasteiger partial charge in [-0.1, -0.05) is 29.8 Å². The number of aromatic nitrogens is 2. The number of nitrogens with zero attached hydrogens (tertiary/aromatic N) is 2. The van der Waals surface area contributed by atoms with Gasteiger partial charge in [0.1, 0.15) is 0 Å². The summed E-state index contributed by atoms with van der Waals surface area (Å²) in [6, 6.07) is 14.9. The molecule has 9 heteroatoms. The Bertz CT molecular complexity index is 1010. The van der Waals surface area contributed by atoms with Gasteiger partial charge >= 0.3 is 0 Å². The molecule has 0 saturated carbocycles. The fourth-order valence-electron chi connectivity index (χ4n) is 2.33. The molecule has 0 aliphatic carbocycles. The summed E-state index contributed by atoms with van der Waals surface area (Å²) in [4.78, 5) is 22.0. The Labute approximate surface area is 169 Å². The van der Waals surface area contributed by atoms with Crippen LogP contribution in [0.3, 0.4) is 0 Å². The highest BCUT2D eigenvalue weighted by molar-refractivity contribution is 8.06. The molecule has 3 aromatic rings. The summed E-state index contributed by atoms with van der Waals surface area (Å²) in [6.45, 7) is 2.00. The highest BCUT2D eigenvalue weighted by Crippen LogP contribution is 2.21. The van der Waals surface area contributed by atoms with Gasteiger partial charge in [-0.15, -0.1) is 0 Å². The van der Waals surface area contributed by atoms with Gasteiger partial charge in [0.2, 0.25) is 0 Å². The topological polar surface area (TPSA) is 110 Å². The number of aryl methyl sites for hydroxylation is 1. The van der Waals surface area contributed by atoms with E-state index in [4.69, 9.17) is 5.73 Å². The summed E-state index contributed by atoms with van der Waals surface area (Å²) < 4.78 is 13.8. The van der Waals surface area contributed by atoms with Crippen molar-refractivity contribution in [1.29, 1.82) is 0 Å². The molecule has 2 aromatic carbocycles. The van der Waals surface area contributed by atoms with Gasteiger partial charge in [-0.25, -0.2) is 14.2 Å². The molecule has 0 aliphatic heterocycles. The molecule has 144 valence electrons. The minimum atomic E-state index is -1.11. The third kappa shape index (κ3) is 5.16. The molecule has 28 heavy (non-hydrogen) atoms. The number of carbonyl (C=O) groups is 1. The van der Waals surface area contributed by atoms with Crippen molar-refractivity contribution in [3.05, 3.63) is 66.0 Å². The molecule has 7 nitrogen and oxygen atoms in total. The molecule has 0 radical (unpaired) electrons. The fraction of sp³-hybridized carbons (Fsp3) is 0.105. The first kappa shape index (κ1) is 20.0. The standard InChI is InChI=1S/C19H19N5O2S2/c1-12-3-5-13(6-4-12)16-11-21-18(20)17(23-16)19(25)22-14-7-9-15(10-8-14)27-24-28(2)26/h3-11,24H,1-2H3,(H2,20,21)(H,22,25). The second-order valence-electron chi connectivity index (χ2n) is 5.97. The number of carbonyl (C=O) groups excluding carboxylic acids is 1. The number of hydrogen-bond donors (Lipinski definition) is 3. The Morgan fingerprint density at radius 2 is 1.79 bits per heavy atom. The predicted octanol–water partition coefficient (Wildman–Crippen LogP) is 3.18. The SMILES string of the molecule is Cc1ccc(-c2cnc(N)c(C(=O)Nc3ccc(SNS(C)=O)cc3)n2)cc1. The predicted molar refractivity (Wildman–Crippen MR) is 114 cm³/mol. The van der Waals surface area contributed by atoms with Crippen LogP contribution in [0, 0.1) is 6.92 Å². The van der Waals surface area contributed by atoms with E-state index in [0.717, 1.165) is 16.0 Å². The molecule has 0 aliphatic rings. The molecule has 1 atom stereocenters. The van der Waals surface area contributed by atoms with E-state index in [-0.39, 0.29) is 11.5 Å². The van der Waals surface area contributed by atoms with Crippen LogP contribution in [0.5, 0.6) is 0 Å². The maximum atomic E-state index is 12.6. The van der Waals surface area contributed by atoms with E-state index in [1.807, 2.05) is 31.2 Å². The van der Waals surface area contributed by atoms with Crippen molar-refractivity contribution >= 4 is 40.3 Å². The molecule has 0 bridgehead atoms. The first-order valence-electron chi connectivity index (χ1n) is 8.29. The second kappa shape index (κ2) is 8.96. The molecule has 1 heterocycles. The molecule has 0 saturated heterocycles. The summed E-state index contributed by atoms with van der Waals surface area (Å²) in [7, 11) is -1.11. The number of rotatable bonds is 6. The fourth-order valence-corrected chi connectivity index (χ4v) is 3.46. The van der Waals surface area contributed by atoms with Gasteiger partial charge in [0.15, 0.2) is 11.5 Å². The zero-order valence-corrected chi connectivity index (χ0v) is 16.9. The quantitative estimate of drug-likeness (QED) is 0.536. The Morgan fingerprint density at radius 1 is 1.11 bits per heavy atom. The van der Waals surface area contributed by atoms with Crippen molar-refractivity contribution in [1.82, 2.24) is 14.1 Å². The smallest absolute Gasteiger partial charge is 0.278 e. The van der Waals surface area contributed by atoms with Gasteiger partial charge in [0.05, 0.1) is 22.9 Å². The lowest BCUT2D eigenvalue weighted by Crippen LogP contribution is -2.17. The van der Waals surface area contributed by atoms with Crippen molar-refractivity contribution in [3.8, 4) is 11.3 Å². The van der Waals surface area contributed by atoms with E-state index >= 15 is 0 Å². The number of nitrogen functional groups attached to an aromatic ring is 1. The van der Waals surface area contributed by atoms with E-state index in [1.165, 1.54) is 11.9 Å². The normalized spacial score (nSPS) is 11.8. The van der Waals surface area contributed by atoms with Crippen LogP contribution in [0.4, 0.5) is 11.5 Å². The van der Waals surface area contributed by atoms with Crippen LogP contribution >= 0.6 is 11.9 Å². The van der Waals surface area contributed by atoms with Crippen LogP contribution < -0.4 is 15.2 Å². The van der Waals surface area contributed by atoms with Crippen molar-refractivity contribution in [2.45, 2.75) is 11.8 Å². The third-order valence-corrected chi connectivity index (χ3v) is 5.53. The first-order valence-corrected chi connectivity index (χ1v) is 10.7. The molecule has 1 amide bonds. The minimum Gasteiger partial charge on any atom is -0.382 e. The van der Waals surface area contributed by atoms with Crippen molar-refractivity contribution in [2.24, 2.45) is 0 Å². The van der Waals surface area contributed by atoms with Gasteiger partial charge in [-0.05, 0) is 43.1 Å². The van der Waals surface area contributed by atoms with Crippen molar-refractivity contribution in [2.75, 3.05) is 17.3 Å². The van der Waals surface area contributed by atoms with E-state index in [2.05, 4.69) is 19.4 Å². The molecule has 1 aromatic heterocycles. The van der Waals surface area contributed by atoms with Crippen LogP contribution in [-0.4, -0.2) is 26.3 Å². The number of hydrogen-bond acceptors (Lipinski definition) is 6. The van der Waals surface area contributed by atoms with Crippen LogP contribution in [-0.2, 0) is 11.0 Å². The number of anilines is 2. The maximum absolute atomic E-state index is 12.6. The average molecular weight is 414 g/mol. The lowest BCUT2D eigenvalue weighted by molar-refractivity contribution is 0.102. The number of nitrogens with two attached hydrogens (primary N) is 1. The van der Waals surface area contributed by atoms with Gasteiger partial charge < -0.3 is 11.1 Å². The summed E-state index contributed by atoms with van der Waals surface area (Å²) in [6.07, 6.45) is 3.10. The van der Waals surface area contributed by atoms with Gasteiger partial charge in [0.25, 0.3) is 5.91 Å². The summed E-state index contributed by atoms with van der Waals surface area (Å²) in [5.74, 6) is -0.373. The van der Waals surface area contributed by atoms with Crippen LogP contribution in [0.2, 0.25) is 0 Å². The van der Waals surface area contributed by atoms with Crippen molar-refractivity contribution < 1.29 is 9.00 Å². The Hall–Kier alpha value is -2.75. The van der Waals surface area contributed by atoms with Crippen LogP contribution in [0.15, 0.2) is 59.6 Å². The lowest BCUT2D eigenvalue weighted by atomic mass is 10.1. The van der Waals surface area contributed by atoms with Crippen LogP contribution in [0.1, 0.15) is 16.1 Å². The summed E-state index contributed by atoms with van der Waals surface area (Å²) in [5.41, 5.74) is 9.09. The zero-order chi connectivity index (χ0) is 20.1. The third-order valence-electron chi connectivity index (χ3n) is 3.75. The molecular weight excluding hydrogens is 394 g/mol. The number of nitrogens with one attached hydrogen (secondary N) is 2. The zero-order valence-electron chi connectivity index (χ0n) is 15.3. The highest BCUT2D eigenvalue weighted by Gasteiger charge is 2.15. The van der Waals surface area contributed by atoms with E-state index in [9.17, 15) is 9.00 Å². The largest absolute Gasteiger partial charge is 0.382 e. The van der Waals surface area contributed by atoms with Crippen molar-refractivity contribution in [3.63, 3.8) is 0 Å².